The van der Waals surface area contributed by atoms with Crippen molar-refractivity contribution in [2.75, 3.05) is 39.2 Å². The molecule has 0 N–H and O–H groups in total. The van der Waals surface area contributed by atoms with Gasteiger partial charge in [-0.3, -0.25) is 9.69 Å². The van der Waals surface area contributed by atoms with Crippen molar-refractivity contribution in [3.8, 4) is 5.75 Å². The lowest BCUT2D eigenvalue weighted by molar-refractivity contribution is -0.0000138. The van der Waals surface area contributed by atoms with Crippen molar-refractivity contribution < 1.29 is 21.9 Å². The normalized spacial score (nSPS) is 11.1. The Bertz CT molecular complexity index is 1210. The van der Waals surface area contributed by atoms with E-state index in [0.29, 0.717) is 27.3 Å². The average molecular weight is 495 g/mol. The molecule has 0 saturated heterocycles. The lowest BCUT2D eigenvalue weighted by atomic mass is 10.2. The Morgan fingerprint density at radius 2 is 1.81 bits per heavy atom. The van der Waals surface area contributed by atoms with Crippen LogP contribution in [-0.2, 0) is 0 Å². The fourth-order valence-electron chi connectivity index (χ4n) is 3.30. The molecule has 0 aliphatic carbocycles. The summed E-state index contributed by atoms with van der Waals surface area (Å²) >= 11 is 9.53. The van der Waals surface area contributed by atoms with E-state index < -0.39 is 0 Å². The third-order valence-electron chi connectivity index (χ3n) is 4.78. The fourth-order valence-corrected chi connectivity index (χ4v) is 5.76. The predicted molar refractivity (Wildman–Crippen MR) is 128 cm³/mol. The number of methoxy groups -OCH3 is 1. The summed E-state index contributed by atoms with van der Waals surface area (Å²) in [7, 11) is 5.68. The number of nitrogens with zero attached hydrogens (tertiary/aromatic N) is 3. The second-order valence-electron chi connectivity index (χ2n) is 7.16. The third kappa shape index (κ3) is 4.81. The van der Waals surface area contributed by atoms with Gasteiger partial charge in [-0.1, -0.05) is 47.2 Å². The van der Waals surface area contributed by atoms with Crippen LogP contribution in [-0.4, -0.2) is 50.1 Å². The summed E-state index contributed by atoms with van der Waals surface area (Å²) in [6.07, 6.45) is 0.828. The quantitative estimate of drug-likeness (QED) is 0.396. The van der Waals surface area contributed by atoms with Gasteiger partial charge >= 0.3 is 0 Å². The molecule has 164 valence electrons. The summed E-state index contributed by atoms with van der Waals surface area (Å²) in [5.41, 5.74) is 0.771. The third-order valence-corrected chi connectivity index (χ3v) is 7.49. The Labute approximate surface area is 200 Å². The van der Waals surface area contributed by atoms with Gasteiger partial charge in [0.25, 0.3) is 5.91 Å². The largest absolute Gasteiger partial charge is 1.00 e. The van der Waals surface area contributed by atoms with Crippen LogP contribution in [0.1, 0.15) is 16.1 Å². The van der Waals surface area contributed by atoms with E-state index in [1.165, 1.54) is 22.7 Å². The highest BCUT2D eigenvalue weighted by Gasteiger charge is 2.26. The highest BCUT2D eigenvalue weighted by atomic mass is 35.5. The molecule has 31 heavy (non-hydrogen) atoms. The number of fused-ring (bicyclic) bond motifs is 2. The molecule has 0 aliphatic rings. The van der Waals surface area contributed by atoms with Crippen molar-refractivity contribution in [3.05, 3.63) is 52.4 Å². The zero-order chi connectivity index (χ0) is 21.3. The van der Waals surface area contributed by atoms with Crippen molar-refractivity contribution in [1.29, 1.82) is 0 Å². The van der Waals surface area contributed by atoms with E-state index in [1.807, 2.05) is 56.6 Å². The smallest absolute Gasteiger partial charge is 0.271 e. The van der Waals surface area contributed by atoms with Crippen molar-refractivity contribution in [1.82, 2.24) is 9.88 Å². The molecule has 0 radical (unpaired) electrons. The summed E-state index contributed by atoms with van der Waals surface area (Å²) in [5, 5.41) is 2.08. The Kier molecular flexibility index (Phi) is 7.78. The number of benzene rings is 2. The molecular weight excluding hydrogens is 473 g/mol. The van der Waals surface area contributed by atoms with Crippen molar-refractivity contribution in [3.63, 3.8) is 0 Å². The number of carbonyl (C=O) groups is 1. The number of ether oxygens (including phenoxy) is 1. The SMILES string of the molecule is COc1cccc2sc(N(CCCN(C)C)C(=O)c3sc4ccccc4c3Cl)nc12.[Cl-]. The lowest BCUT2D eigenvalue weighted by Crippen LogP contribution is -3.00. The van der Waals surface area contributed by atoms with Crippen molar-refractivity contribution >= 4 is 65.6 Å². The van der Waals surface area contributed by atoms with Gasteiger partial charge in [0.1, 0.15) is 16.1 Å². The zero-order valence-corrected chi connectivity index (χ0v) is 20.5. The van der Waals surface area contributed by atoms with E-state index in [9.17, 15) is 4.79 Å². The van der Waals surface area contributed by atoms with Crippen LogP contribution in [0.5, 0.6) is 5.75 Å². The fraction of sp³-hybridized carbons (Fsp3) is 0.273. The maximum Gasteiger partial charge on any atom is 0.271 e. The van der Waals surface area contributed by atoms with Gasteiger partial charge in [-0.05, 0) is 45.3 Å². The maximum atomic E-state index is 13.6. The number of hydrogen-bond donors (Lipinski definition) is 0. The standard InChI is InChI=1S/C22H22ClN3O2S2.ClH/c1-25(2)12-7-13-26(22-24-19-15(28-3)9-6-11-17(19)30-22)21(27)20-18(23)14-8-4-5-10-16(14)29-20;/h4-6,8-11H,7,12-13H2,1-3H3;1H/p-1. The van der Waals surface area contributed by atoms with Crippen LogP contribution in [0.3, 0.4) is 0 Å². The molecule has 1 amide bonds. The zero-order valence-electron chi connectivity index (χ0n) is 17.4. The summed E-state index contributed by atoms with van der Waals surface area (Å²) < 4.78 is 7.44. The highest BCUT2D eigenvalue weighted by molar-refractivity contribution is 7.23. The van der Waals surface area contributed by atoms with Crippen LogP contribution in [0.15, 0.2) is 42.5 Å². The highest BCUT2D eigenvalue weighted by Crippen LogP contribution is 2.39. The number of halogens is 2. The molecule has 9 heteroatoms. The second kappa shape index (κ2) is 10.1. The molecule has 2 aromatic carbocycles. The molecular formula is C22H22Cl2N3O2S2-. The van der Waals surface area contributed by atoms with Crippen LogP contribution in [0.2, 0.25) is 5.02 Å². The molecule has 4 rings (SSSR count). The molecule has 0 atom stereocenters. The van der Waals surface area contributed by atoms with E-state index in [-0.39, 0.29) is 18.3 Å². The van der Waals surface area contributed by atoms with Gasteiger partial charge in [-0.15, -0.1) is 11.3 Å². The molecule has 4 aromatic rings. The Morgan fingerprint density at radius 3 is 2.52 bits per heavy atom. The molecule has 0 fully saturated rings. The monoisotopic (exact) mass is 494 g/mol. The number of aromatic nitrogens is 1. The van der Waals surface area contributed by atoms with E-state index >= 15 is 0 Å². The molecule has 5 nitrogen and oxygen atoms in total. The minimum atomic E-state index is -0.113. The first kappa shape index (κ1) is 23.8. The minimum Gasteiger partial charge on any atom is -1.00 e. The van der Waals surface area contributed by atoms with Gasteiger partial charge in [0.2, 0.25) is 0 Å². The van der Waals surface area contributed by atoms with E-state index in [2.05, 4.69) is 4.90 Å². The Balaban J connectivity index is 0.00000272. The number of thiazole rings is 1. The van der Waals surface area contributed by atoms with Gasteiger partial charge in [0.05, 0.1) is 16.8 Å². The van der Waals surface area contributed by atoms with Gasteiger partial charge in [0.15, 0.2) is 5.13 Å². The van der Waals surface area contributed by atoms with Crippen LogP contribution in [0.25, 0.3) is 20.3 Å². The van der Waals surface area contributed by atoms with Crippen LogP contribution < -0.4 is 22.0 Å². The number of carbonyl (C=O) groups excluding carboxylic acids is 1. The topological polar surface area (TPSA) is 45.7 Å². The van der Waals surface area contributed by atoms with E-state index in [4.69, 9.17) is 21.3 Å². The molecule has 0 aliphatic heterocycles. The first-order chi connectivity index (χ1) is 14.5. The molecule has 2 aromatic heterocycles. The number of hydrogen-bond acceptors (Lipinski definition) is 6. The molecule has 0 saturated carbocycles. The predicted octanol–water partition coefficient (Wildman–Crippen LogP) is 2.78. The number of amides is 1. The average Bonchev–Trinajstić information content (AvgIpc) is 3.32. The number of anilines is 1. The van der Waals surface area contributed by atoms with Gasteiger partial charge in [-0.2, -0.15) is 0 Å². The minimum absolute atomic E-state index is 0. The molecule has 0 unspecified atom stereocenters. The summed E-state index contributed by atoms with van der Waals surface area (Å²) in [4.78, 5) is 22.8. The molecule has 2 heterocycles. The number of thiophene rings is 1. The van der Waals surface area contributed by atoms with E-state index in [0.717, 1.165) is 33.3 Å². The summed E-state index contributed by atoms with van der Waals surface area (Å²) in [6, 6.07) is 13.6. The van der Waals surface area contributed by atoms with Crippen LogP contribution >= 0.6 is 34.3 Å². The Hall–Kier alpha value is -1.90. The van der Waals surface area contributed by atoms with Crippen molar-refractivity contribution in [2.45, 2.75) is 6.42 Å². The molecule has 0 spiro atoms. The molecule has 0 bridgehead atoms. The van der Waals surface area contributed by atoms with Crippen molar-refractivity contribution in [2.24, 2.45) is 0 Å². The second-order valence-corrected chi connectivity index (χ2v) is 9.60. The van der Waals surface area contributed by atoms with Crippen LogP contribution in [0.4, 0.5) is 5.13 Å². The maximum absolute atomic E-state index is 13.6. The lowest BCUT2D eigenvalue weighted by Gasteiger charge is -2.20. The summed E-state index contributed by atoms with van der Waals surface area (Å²) in [6.45, 7) is 1.43. The summed E-state index contributed by atoms with van der Waals surface area (Å²) in [5.74, 6) is 0.591. The first-order valence-electron chi connectivity index (χ1n) is 9.56. The number of para-hydroxylation sites is 1. The van der Waals surface area contributed by atoms with Gasteiger partial charge < -0.3 is 22.0 Å². The Morgan fingerprint density at radius 1 is 1.06 bits per heavy atom. The first-order valence-corrected chi connectivity index (χ1v) is 11.6. The van der Waals surface area contributed by atoms with Gasteiger partial charge in [0, 0.05) is 16.6 Å². The van der Waals surface area contributed by atoms with E-state index in [1.54, 1.807) is 12.0 Å². The number of rotatable bonds is 7. The van der Waals surface area contributed by atoms with Crippen LogP contribution in [0, 0.1) is 0 Å². The van der Waals surface area contributed by atoms with Gasteiger partial charge in [-0.25, -0.2) is 4.98 Å².